The van der Waals surface area contributed by atoms with Gasteiger partial charge in [0.1, 0.15) is 12.1 Å². The van der Waals surface area contributed by atoms with E-state index in [9.17, 15) is 14.9 Å². The molecule has 2 aliphatic heterocycles. The summed E-state index contributed by atoms with van der Waals surface area (Å²) in [6.45, 7) is 0. The van der Waals surface area contributed by atoms with Crippen LogP contribution in [0.1, 0.15) is 39.0 Å². The number of nitro groups is 1. The number of hydrogen-bond donors (Lipinski definition) is 0. The molecule has 0 N–H and O–H groups in total. The number of fused-ring (bicyclic) bond motifs is 3. The van der Waals surface area contributed by atoms with Crippen LogP contribution in [-0.4, -0.2) is 48.1 Å². The van der Waals surface area contributed by atoms with Crippen molar-refractivity contribution in [3.63, 3.8) is 0 Å². The third kappa shape index (κ3) is 3.46. The summed E-state index contributed by atoms with van der Waals surface area (Å²) in [4.78, 5) is 28.1. The molecule has 2 heterocycles. The Labute approximate surface area is 192 Å². The fourth-order valence-corrected chi connectivity index (χ4v) is 5.05. The summed E-state index contributed by atoms with van der Waals surface area (Å²) in [5.41, 5.74) is 3.95. The number of rotatable bonds is 5. The molecular weight excluding hydrogens is 416 g/mol. The lowest BCUT2D eigenvalue weighted by Gasteiger charge is -2.30. The Balaban J connectivity index is 1.68. The minimum Gasteiger partial charge on any atom is -0.378 e. The van der Waals surface area contributed by atoms with Crippen LogP contribution in [0.25, 0.3) is 0 Å². The average Bonchev–Trinajstić information content (AvgIpc) is 3.20. The first kappa shape index (κ1) is 20.9. The number of hydrogen-bond acceptors (Lipinski definition) is 6. The molecule has 0 saturated carbocycles. The molecule has 3 aromatic carbocycles. The molecule has 5 rings (SSSR count). The lowest BCUT2D eigenvalue weighted by atomic mass is 9.82. The summed E-state index contributed by atoms with van der Waals surface area (Å²) in [5, 5.41) is 18.8. The summed E-state index contributed by atoms with van der Waals surface area (Å²) >= 11 is 0. The van der Waals surface area contributed by atoms with Crippen LogP contribution in [0.15, 0.2) is 84.0 Å². The number of carbonyl (C=O) groups excluding carboxylic acids is 1. The monoisotopic (exact) mass is 440 g/mol. The number of nitrogens with zero attached hydrogens (tertiary/aromatic N) is 4. The molecule has 3 aromatic rings. The van der Waals surface area contributed by atoms with Gasteiger partial charge in [-0.05, 0) is 23.3 Å². The second-order valence-electron chi connectivity index (χ2n) is 8.66. The summed E-state index contributed by atoms with van der Waals surface area (Å²) in [6, 6.07) is 21.8. The molecule has 2 aliphatic rings. The molecule has 33 heavy (non-hydrogen) atoms. The van der Waals surface area contributed by atoms with E-state index < -0.39 is 24.0 Å². The van der Waals surface area contributed by atoms with Crippen molar-refractivity contribution in [1.29, 1.82) is 0 Å². The predicted octanol–water partition coefficient (Wildman–Crippen LogP) is 4.14. The van der Waals surface area contributed by atoms with Crippen LogP contribution in [0.4, 0.5) is 5.69 Å². The molecular formula is C26H24N4O3. The molecule has 7 nitrogen and oxygen atoms in total. The van der Waals surface area contributed by atoms with Crippen LogP contribution in [0.2, 0.25) is 0 Å². The van der Waals surface area contributed by atoms with E-state index in [0.717, 1.165) is 22.4 Å². The predicted molar refractivity (Wildman–Crippen MR) is 127 cm³/mol. The van der Waals surface area contributed by atoms with Gasteiger partial charge in [-0.25, -0.2) is 0 Å². The Morgan fingerprint density at radius 3 is 2.30 bits per heavy atom. The number of benzene rings is 3. The molecule has 0 aromatic heterocycles. The quantitative estimate of drug-likeness (QED) is 0.339. The standard InChI is InChI=1S/C26H24N4O3/c1-28(2)20-14-12-17(13-15-20)22-24(30(32)33)23-21-11-7-6-10-19(21)16-27-29(23)25(22)26(31)18-8-4-3-5-9-18/h3-16,22-25H,1-2H3/t22-,23-,24-,25+/m0/s1. The van der Waals surface area contributed by atoms with Crippen molar-refractivity contribution in [1.82, 2.24) is 5.01 Å². The van der Waals surface area contributed by atoms with E-state index in [2.05, 4.69) is 5.10 Å². The lowest BCUT2D eigenvalue weighted by Crippen LogP contribution is -2.38. The van der Waals surface area contributed by atoms with E-state index in [1.165, 1.54) is 0 Å². The van der Waals surface area contributed by atoms with E-state index in [4.69, 9.17) is 0 Å². The highest BCUT2D eigenvalue weighted by molar-refractivity contribution is 6.01. The first-order valence-electron chi connectivity index (χ1n) is 10.9. The van der Waals surface area contributed by atoms with Crippen molar-refractivity contribution >= 4 is 17.7 Å². The topological polar surface area (TPSA) is 79.0 Å². The first-order valence-corrected chi connectivity index (χ1v) is 10.9. The average molecular weight is 441 g/mol. The highest BCUT2D eigenvalue weighted by atomic mass is 16.6. The van der Waals surface area contributed by atoms with E-state index in [-0.39, 0.29) is 10.7 Å². The van der Waals surface area contributed by atoms with E-state index >= 15 is 0 Å². The fourth-order valence-electron chi connectivity index (χ4n) is 5.05. The molecule has 1 fully saturated rings. The van der Waals surface area contributed by atoms with Gasteiger partial charge in [-0.1, -0.05) is 66.7 Å². The van der Waals surface area contributed by atoms with Crippen LogP contribution in [0.3, 0.4) is 0 Å². The van der Waals surface area contributed by atoms with Gasteiger partial charge < -0.3 is 4.90 Å². The van der Waals surface area contributed by atoms with E-state index in [0.29, 0.717) is 5.56 Å². The van der Waals surface area contributed by atoms with Gasteiger partial charge in [0.05, 0.1) is 12.1 Å². The zero-order valence-corrected chi connectivity index (χ0v) is 18.4. The summed E-state index contributed by atoms with van der Waals surface area (Å²) in [6.07, 6.45) is 1.70. The van der Waals surface area contributed by atoms with Crippen molar-refractivity contribution in [3.05, 3.63) is 111 Å². The molecule has 0 bridgehead atoms. The maximum Gasteiger partial charge on any atom is 0.248 e. The maximum absolute atomic E-state index is 13.8. The fraction of sp³-hybridized carbons (Fsp3) is 0.231. The lowest BCUT2D eigenvalue weighted by molar-refractivity contribution is -0.529. The highest BCUT2D eigenvalue weighted by Gasteiger charge is 2.60. The Bertz CT molecular complexity index is 1220. The van der Waals surface area contributed by atoms with Gasteiger partial charge in [-0.3, -0.25) is 19.9 Å². The number of ketones is 1. The molecule has 0 amide bonds. The van der Waals surface area contributed by atoms with E-state index in [1.807, 2.05) is 73.6 Å². The second kappa shape index (κ2) is 8.16. The maximum atomic E-state index is 13.8. The van der Waals surface area contributed by atoms with Crippen LogP contribution in [0.5, 0.6) is 0 Å². The van der Waals surface area contributed by atoms with Crippen LogP contribution >= 0.6 is 0 Å². The molecule has 4 atom stereocenters. The number of carbonyl (C=O) groups is 1. The highest BCUT2D eigenvalue weighted by Crippen LogP contribution is 2.49. The third-order valence-corrected chi connectivity index (χ3v) is 6.61. The van der Waals surface area contributed by atoms with Crippen LogP contribution in [0, 0.1) is 10.1 Å². The molecule has 7 heteroatoms. The zero-order valence-electron chi connectivity index (χ0n) is 18.4. The Kier molecular flexibility index (Phi) is 5.17. The van der Waals surface area contributed by atoms with Crippen molar-refractivity contribution in [3.8, 4) is 0 Å². The number of Topliss-reactive ketones (excluding diaryl/α,β-unsaturated/α-hetero) is 1. The molecule has 1 saturated heterocycles. The van der Waals surface area contributed by atoms with Crippen LogP contribution in [-0.2, 0) is 0 Å². The minimum absolute atomic E-state index is 0.164. The van der Waals surface area contributed by atoms with Gasteiger partial charge in [0.2, 0.25) is 6.04 Å². The summed E-state index contributed by atoms with van der Waals surface area (Å²) < 4.78 is 0. The minimum atomic E-state index is -1.02. The van der Waals surface area contributed by atoms with Gasteiger partial charge in [-0.15, -0.1) is 0 Å². The van der Waals surface area contributed by atoms with Crippen molar-refractivity contribution in [2.45, 2.75) is 24.0 Å². The van der Waals surface area contributed by atoms with Gasteiger partial charge in [-0.2, -0.15) is 5.10 Å². The van der Waals surface area contributed by atoms with Crippen molar-refractivity contribution in [2.24, 2.45) is 5.10 Å². The SMILES string of the molecule is CN(C)c1ccc([C@H]2[C@H]([N+](=O)[O-])[C@@H]3c4ccccc4C=NN3[C@H]2C(=O)c2ccccc2)cc1. The van der Waals surface area contributed by atoms with E-state index in [1.54, 1.807) is 35.5 Å². The van der Waals surface area contributed by atoms with Crippen molar-refractivity contribution in [2.75, 3.05) is 19.0 Å². The van der Waals surface area contributed by atoms with Gasteiger partial charge >= 0.3 is 0 Å². The largest absolute Gasteiger partial charge is 0.378 e. The Morgan fingerprint density at radius 1 is 0.970 bits per heavy atom. The van der Waals surface area contributed by atoms with Crippen molar-refractivity contribution < 1.29 is 9.72 Å². The zero-order chi connectivity index (χ0) is 23.1. The normalized spacial score (nSPS) is 23.0. The van der Waals surface area contributed by atoms with Gasteiger partial charge in [0.15, 0.2) is 5.78 Å². The second-order valence-corrected chi connectivity index (χ2v) is 8.66. The third-order valence-electron chi connectivity index (χ3n) is 6.61. The molecule has 0 radical (unpaired) electrons. The molecule has 166 valence electrons. The summed E-state index contributed by atoms with van der Waals surface area (Å²) in [7, 11) is 3.89. The van der Waals surface area contributed by atoms with Gasteiger partial charge in [0, 0.05) is 35.8 Å². The first-order chi connectivity index (χ1) is 16.0. The van der Waals surface area contributed by atoms with Gasteiger partial charge in [0.25, 0.3) is 0 Å². The molecule has 0 spiro atoms. The number of hydrazone groups is 1. The molecule has 0 unspecified atom stereocenters. The van der Waals surface area contributed by atoms with Crippen LogP contribution < -0.4 is 4.90 Å². The Hall–Kier alpha value is -4.00. The number of anilines is 1. The summed E-state index contributed by atoms with van der Waals surface area (Å²) in [5.74, 6) is -0.819. The molecule has 0 aliphatic carbocycles. The smallest absolute Gasteiger partial charge is 0.248 e. The Morgan fingerprint density at radius 2 is 1.64 bits per heavy atom.